The van der Waals surface area contributed by atoms with Crippen molar-refractivity contribution in [1.82, 2.24) is 4.90 Å². The summed E-state index contributed by atoms with van der Waals surface area (Å²) in [6, 6.07) is 28.0. The lowest BCUT2D eigenvalue weighted by Gasteiger charge is -2.25. The van der Waals surface area contributed by atoms with Crippen LogP contribution in [0.4, 0.5) is 4.79 Å². The molecule has 0 fully saturated rings. The van der Waals surface area contributed by atoms with E-state index < -0.39 is 32.5 Å². The van der Waals surface area contributed by atoms with E-state index in [9.17, 15) is 14.2 Å². The SMILES string of the molecule is O=C(CN(CP(=O)(OSCc1ccccc1)OSCc1ccccc1)C(=O)OCc1ccccc1)OCCCl. The Kier molecular flexibility index (Phi) is 13.8. The molecule has 0 aliphatic carbocycles. The summed E-state index contributed by atoms with van der Waals surface area (Å²) < 4.78 is 35.7. The van der Waals surface area contributed by atoms with Crippen molar-refractivity contribution in [3.63, 3.8) is 0 Å². The topological polar surface area (TPSA) is 91.4 Å². The van der Waals surface area contributed by atoms with E-state index in [1.54, 1.807) is 12.1 Å². The fourth-order valence-electron chi connectivity index (χ4n) is 3.10. The van der Waals surface area contributed by atoms with E-state index in [1.165, 1.54) is 0 Å². The molecular weight excluding hydrogens is 581 g/mol. The number of esters is 1. The van der Waals surface area contributed by atoms with Gasteiger partial charge >= 0.3 is 19.7 Å². The Morgan fingerprint density at radius 2 is 1.23 bits per heavy atom. The molecule has 0 saturated heterocycles. The van der Waals surface area contributed by atoms with Crippen LogP contribution >= 0.6 is 43.3 Å². The Balaban J connectivity index is 1.71. The number of carbonyl (C=O) groups is 2. The van der Waals surface area contributed by atoms with Crippen molar-refractivity contribution in [2.24, 2.45) is 0 Å². The van der Waals surface area contributed by atoms with E-state index in [0.717, 1.165) is 45.7 Å². The summed E-state index contributed by atoms with van der Waals surface area (Å²) in [6.45, 7) is -0.587. The molecule has 0 N–H and O–H groups in total. The third kappa shape index (κ3) is 12.1. The van der Waals surface area contributed by atoms with Gasteiger partial charge in [-0.3, -0.25) is 14.3 Å². The Morgan fingerprint density at radius 3 is 1.72 bits per heavy atom. The predicted octanol–water partition coefficient (Wildman–Crippen LogP) is 7.29. The maximum Gasteiger partial charge on any atom is 0.411 e. The van der Waals surface area contributed by atoms with Gasteiger partial charge in [-0.1, -0.05) is 91.0 Å². The van der Waals surface area contributed by atoms with Crippen molar-refractivity contribution in [3.05, 3.63) is 108 Å². The molecule has 0 spiro atoms. The van der Waals surface area contributed by atoms with E-state index in [0.29, 0.717) is 11.5 Å². The fourth-order valence-corrected chi connectivity index (χ4v) is 6.88. The Bertz CT molecular complexity index is 1140. The smallest absolute Gasteiger partial charge is 0.411 e. The molecule has 8 nitrogen and oxygen atoms in total. The maximum atomic E-state index is 13.9. The number of benzene rings is 3. The van der Waals surface area contributed by atoms with Gasteiger partial charge in [0.1, 0.15) is 26.0 Å². The van der Waals surface area contributed by atoms with Crippen molar-refractivity contribution in [1.29, 1.82) is 0 Å². The number of alkyl halides is 1. The number of ether oxygens (including phenoxy) is 2. The monoisotopic (exact) mass is 609 g/mol. The molecule has 0 atom stereocenters. The molecule has 0 bridgehead atoms. The number of hydrogen-bond acceptors (Lipinski definition) is 9. The normalized spacial score (nSPS) is 11.1. The van der Waals surface area contributed by atoms with Crippen LogP contribution in [0.15, 0.2) is 91.0 Å². The molecule has 0 heterocycles. The van der Waals surface area contributed by atoms with E-state index >= 15 is 0 Å². The van der Waals surface area contributed by atoms with Crippen molar-refractivity contribution < 1.29 is 31.6 Å². The summed E-state index contributed by atoms with van der Waals surface area (Å²) >= 11 is 7.50. The first-order chi connectivity index (χ1) is 19.0. The molecule has 3 rings (SSSR count). The van der Waals surface area contributed by atoms with Crippen LogP contribution in [-0.4, -0.2) is 42.3 Å². The lowest BCUT2D eigenvalue weighted by atomic mass is 10.2. The molecule has 39 heavy (non-hydrogen) atoms. The lowest BCUT2D eigenvalue weighted by Crippen LogP contribution is -2.38. The number of amides is 1. The van der Waals surface area contributed by atoms with E-state index in [1.807, 2.05) is 78.9 Å². The average molecular weight is 610 g/mol. The highest BCUT2D eigenvalue weighted by molar-refractivity contribution is 8.01. The number of halogens is 1. The molecule has 0 aromatic heterocycles. The molecule has 0 radical (unpaired) electrons. The lowest BCUT2D eigenvalue weighted by molar-refractivity contribution is -0.143. The molecule has 208 valence electrons. The molecule has 1 amide bonds. The second kappa shape index (κ2) is 17.3. The molecule has 0 aliphatic rings. The van der Waals surface area contributed by atoms with Crippen molar-refractivity contribution in [3.8, 4) is 0 Å². The van der Waals surface area contributed by atoms with Gasteiger partial charge in [0.25, 0.3) is 0 Å². The van der Waals surface area contributed by atoms with E-state index in [-0.39, 0.29) is 19.1 Å². The van der Waals surface area contributed by atoms with Crippen LogP contribution in [0.1, 0.15) is 16.7 Å². The minimum Gasteiger partial charge on any atom is -0.463 e. The standard InChI is InChI=1S/C27H29ClNO7PS2/c28-16-17-33-26(30)18-29(27(31)34-19-23-10-4-1-5-11-23)22-37(32,35-38-20-24-12-6-2-7-13-24)36-39-21-25-14-8-3-9-15-25/h1-15H,16-22H2. The Morgan fingerprint density at radius 1 is 0.744 bits per heavy atom. The zero-order valence-corrected chi connectivity index (χ0v) is 24.3. The van der Waals surface area contributed by atoms with Gasteiger partial charge in [0, 0.05) is 35.6 Å². The Hall–Kier alpha value is -2.46. The van der Waals surface area contributed by atoms with Crippen LogP contribution in [0, 0.1) is 0 Å². The van der Waals surface area contributed by atoms with Gasteiger partial charge < -0.3 is 9.47 Å². The van der Waals surface area contributed by atoms with Crippen LogP contribution < -0.4 is 0 Å². The largest absolute Gasteiger partial charge is 0.463 e. The van der Waals surface area contributed by atoms with Crippen LogP contribution in [0.5, 0.6) is 0 Å². The molecule has 0 unspecified atom stereocenters. The number of nitrogens with zero attached hydrogens (tertiary/aromatic N) is 1. The van der Waals surface area contributed by atoms with Crippen LogP contribution in [0.2, 0.25) is 0 Å². The van der Waals surface area contributed by atoms with Gasteiger partial charge in [-0.05, 0) is 16.7 Å². The second-order valence-electron chi connectivity index (χ2n) is 8.04. The van der Waals surface area contributed by atoms with Gasteiger partial charge in [0.15, 0.2) is 0 Å². The predicted molar refractivity (Wildman–Crippen MR) is 155 cm³/mol. The van der Waals surface area contributed by atoms with Crippen molar-refractivity contribution in [2.75, 3.05) is 25.3 Å². The van der Waals surface area contributed by atoms with Crippen molar-refractivity contribution >= 4 is 55.3 Å². The summed E-state index contributed by atoms with van der Waals surface area (Å²) in [6.07, 6.45) is -1.39. The van der Waals surface area contributed by atoms with E-state index in [2.05, 4.69) is 0 Å². The maximum absolute atomic E-state index is 13.9. The first-order valence-corrected chi connectivity index (χ1v) is 16.0. The highest BCUT2D eigenvalue weighted by Gasteiger charge is 2.34. The summed E-state index contributed by atoms with van der Waals surface area (Å²) in [7, 11) is -3.96. The third-order valence-electron chi connectivity index (χ3n) is 4.94. The van der Waals surface area contributed by atoms with E-state index in [4.69, 9.17) is 29.0 Å². The minimum atomic E-state index is -3.96. The van der Waals surface area contributed by atoms with Gasteiger partial charge in [0.2, 0.25) is 0 Å². The summed E-state index contributed by atoms with van der Waals surface area (Å²) in [5, 5.41) is 0. The zero-order chi connectivity index (χ0) is 27.8. The van der Waals surface area contributed by atoms with Crippen LogP contribution in [0.25, 0.3) is 0 Å². The van der Waals surface area contributed by atoms with Gasteiger partial charge in [-0.25, -0.2) is 12.7 Å². The molecule has 3 aromatic rings. The fraction of sp³-hybridized carbons (Fsp3) is 0.259. The highest BCUT2D eigenvalue weighted by atomic mass is 35.5. The van der Waals surface area contributed by atoms with Crippen LogP contribution in [-0.2, 0) is 44.9 Å². The van der Waals surface area contributed by atoms with Crippen molar-refractivity contribution in [2.45, 2.75) is 18.1 Å². The first-order valence-electron chi connectivity index (χ1n) is 11.9. The quantitative estimate of drug-likeness (QED) is 0.0718. The number of carbonyl (C=O) groups excluding carboxylic acids is 2. The third-order valence-corrected chi connectivity index (χ3v) is 9.34. The van der Waals surface area contributed by atoms with Gasteiger partial charge in [-0.15, -0.1) is 11.6 Å². The molecule has 0 aliphatic heterocycles. The first kappa shape index (κ1) is 31.1. The highest BCUT2D eigenvalue weighted by Crippen LogP contribution is 2.55. The van der Waals surface area contributed by atoms with Gasteiger partial charge in [-0.2, -0.15) is 0 Å². The summed E-state index contributed by atoms with van der Waals surface area (Å²) in [5.41, 5.74) is 2.66. The summed E-state index contributed by atoms with van der Waals surface area (Å²) in [5.74, 6) is 0.163. The average Bonchev–Trinajstić information content (AvgIpc) is 2.96. The number of rotatable bonds is 16. The van der Waals surface area contributed by atoms with Crippen LogP contribution in [0.3, 0.4) is 0 Å². The number of hydrogen-bond donors (Lipinski definition) is 0. The minimum absolute atomic E-state index is 0.0300. The molecule has 0 saturated carbocycles. The second-order valence-corrected chi connectivity index (χ2v) is 12.2. The molecule has 12 heteroatoms. The Labute approximate surface area is 242 Å². The molecular formula is C27H29ClNO7PS2. The molecule has 3 aromatic carbocycles. The zero-order valence-electron chi connectivity index (χ0n) is 21.1. The van der Waals surface area contributed by atoms with Gasteiger partial charge in [0.05, 0.1) is 5.88 Å². The summed E-state index contributed by atoms with van der Waals surface area (Å²) in [4.78, 5) is 26.3.